The number of benzene rings is 1. The molecule has 0 saturated heterocycles. The molecule has 0 bridgehead atoms. The number of rotatable bonds is 6. The molecule has 1 heterocycles. The fraction of sp³-hybridized carbons (Fsp3) is 0.154. The van der Waals surface area contributed by atoms with Crippen LogP contribution in [0.25, 0.3) is 0 Å². The van der Waals surface area contributed by atoms with E-state index < -0.39 is 10.0 Å². The van der Waals surface area contributed by atoms with Crippen LogP contribution in [0.5, 0.6) is 5.75 Å². The molecule has 3 N–H and O–H groups in total. The average Bonchev–Trinajstić information content (AvgIpc) is 2.97. The Hall–Kier alpha value is -1.48. The Morgan fingerprint density at radius 3 is 2.48 bits per heavy atom. The number of sulfonamides is 1. The zero-order chi connectivity index (χ0) is 15.5. The van der Waals surface area contributed by atoms with Crippen molar-refractivity contribution in [3.05, 3.63) is 46.8 Å². The van der Waals surface area contributed by atoms with Gasteiger partial charge in [0.1, 0.15) is 14.9 Å². The summed E-state index contributed by atoms with van der Waals surface area (Å²) < 4.78 is 32.1. The van der Waals surface area contributed by atoms with Crippen LogP contribution in [-0.4, -0.2) is 20.5 Å². The number of thiocarbonyl (C=S) groups is 1. The Morgan fingerprint density at radius 2 is 1.95 bits per heavy atom. The van der Waals surface area contributed by atoms with Gasteiger partial charge in [-0.25, -0.2) is 13.1 Å². The lowest BCUT2D eigenvalue weighted by Gasteiger charge is -2.06. The molecule has 0 radical (unpaired) electrons. The number of ether oxygens (including phenoxy) is 1. The van der Waals surface area contributed by atoms with E-state index in [2.05, 4.69) is 4.72 Å². The third kappa shape index (κ3) is 4.01. The number of methoxy groups -OCH3 is 1. The largest absolute Gasteiger partial charge is 0.497 e. The van der Waals surface area contributed by atoms with Crippen molar-refractivity contribution < 1.29 is 13.2 Å². The zero-order valence-electron chi connectivity index (χ0n) is 11.2. The molecule has 21 heavy (non-hydrogen) atoms. The van der Waals surface area contributed by atoms with E-state index in [1.54, 1.807) is 37.4 Å². The van der Waals surface area contributed by atoms with Crippen LogP contribution in [0.4, 0.5) is 0 Å². The van der Waals surface area contributed by atoms with Crippen molar-refractivity contribution >= 4 is 38.6 Å². The number of hydrogen-bond donors (Lipinski definition) is 2. The first-order chi connectivity index (χ1) is 9.92. The lowest BCUT2D eigenvalue weighted by atomic mass is 10.2. The fourth-order valence-electron chi connectivity index (χ4n) is 1.59. The van der Waals surface area contributed by atoms with E-state index in [1.807, 2.05) is 0 Å². The predicted octanol–water partition coefficient (Wildman–Crippen LogP) is 1.87. The highest BCUT2D eigenvalue weighted by atomic mass is 32.2. The van der Waals surface area contributed by atoms with Gasteiger partial charge in [0.15, 0.2) is 0 Å². The zero-order valence-corrected chi connectivity index (χ0v) is 13.6. The summed E-state index contributed by atoms with van der Waals surface area (Å²) in [6.07, 6.45) is 0. The van der Waals surface area contributed by atoms with Gasteiger partial charge in [0, 0.05) is 6.54 Å². The van der Waals surface area contributed by atoms with Gasteiger partial charge in [-0.05, 0) is 29.8 Å². The van der Waals surface area contributed by atoms with Gasteiger partial charge in [0.25, 0.3) is 0 Å². The van der Waals surface area contributed by atoms with Gasteiger partial charge in [-0.3, -0.25) is 0 Å². The molecule has 5 nitrogen and oxygen atoms in total. The third-order valence-electron chi connectivity index (χ3n) is 2.71. The number of nitrogens with two attached hydrogens (primary N) is 1. The van der Waals surface area contributed by atoms with Crippen LogP contribution < -0.4 is 15.2 Å². The predicted molar refractivity (Wildman–Crippen MR) is 87.2 cm³/mol. The van der Waals surface area contributed by atoms with E-state index in [4.69, 9.17) is 22.7 Å². The minimum absolute atomic E-state index is 0.191. The molecule has 1 aromatic carbocycles. The van der Waals surface area contributed by atoms with Crippen molar-refractivity contribution in [3.63, 3.8) is 0 Å². The average molecular weight is 342 g/mol. The molecular weight excluding hydrogens is 328 g/mol. The number of hydrogen-bond acceptors (Lipinski definition) is 5. The Bertz CT molecular complexity index is 736. The molecule has 112 valence electrons. The summed E-state index contributed by atoms with van der Waals surface area (Å²) in [7, 11) is -1.99. The summed E-state index contributed by atoms with van der Waals surface area (Å²) in [5, 5.41) is 0. The highest BCUT2D eigenvalue weighted by Crippen LogP contribution is 2.21. The fourth-order valence-corrected chi connectivity index (χ4v) is 4.00. The summed E-state index contributed by atoms with van der Waals surface area (Å²) >= 11 is 5.88. The van der Waals surface area contributed by atoms with Crippen LogP contribution in [-0.2, 0) is 16.6 Å². The Morgan fingerprint density at radius 1 is 1.29 bits per heavy atom. The molecule has 2 aromatic rings. The van der Waals surface area contributed by atoms with Gasteiger partial charge in [-0.1, -0.05) is 24.4 Å². The van der Waals surface area contributed by atoms with Crippen molar-refractivity contribution in [3.8, 4) is 5.75 Å². The Labute approximate surface area is 132 Å². The lowest BCUT2D eigenvalue weighted by molar-refractivity contribution is 0.414. The summed E-state index contributed by atoms with van der Waals surface area (Å²) in [6.45, 7) is 0.201. The smallest absolute Gasteiger partial charge is 0.250 e. The highest BCUT2D eigenvalue weighted by Gasteiger charge is 2.17. The summed E-state index contributed by atoms with van der Waals surface area (Å²) in [4.78, 5) is 0.770. The van der Waals surface area contributed by atoms with Gasteiger partial charge in [0.05, 0.1) is 12.0 Å². The molecule has 0 fully saturated rings. The van der Waals surface area contributed by atoms with E-state index in [1.165, 1.54) is 6.07 Å². The molecule has 0 amide bonds. The topological polar surface area (TPSA) is 81.4 Å². The highest BCUT2D eigenvalue weighted by molar-refractivity contribution is 7.91. The standard InChI is InChI=1S/C13H14N2O3S3/c1-18-10-4-2-9(3-5-10)8-15-21(16,17)12-7-6-11(20-12)13(14)19/h2-7,15H,8H2,1H3,(H2,14,19). The first-order valence-electron chi connectivity index (χ1n) is 5.94. The second kappa shape index (κ2) is 6.52. The molecular formula is C13H14N2O3S3. The molecule has 1 aromatic heterocycles. The SMILES string of the molecule is COc1ccc(CNS(=O)(=O)c2ccc(C(N)=S)s2)cc1. The van der Waals surface area contributed by atoms with Crippen molar-refractivity contribution in [2.75, 3.05) is 7.11 Å². The van der Waals surface area contributed by atoms with Gasteiger partial charge in [-0.15, -0.1) is 11.3 Å². The Balaban J connectivity index is 2.07. The second-order valence-electron chi connectivity index (χ2n) is 4.16. The van der Waals surface area contributed by atoms with E-state index in [-0.39, 0.29) is 15.7 Å². The minimum Gasteiger partial charge on any atom is -0.497 e. The van der Waals surface area contributed by atoms with Crippen molar-refractivity contribution in [2.45, 2.75) is 10.8 Å². The lowest BCUT2D eigenvalue weighted by Crippen LogP contribution is -2.22. The van der Waals surface area contributed by atoms with Crippen LogP contribution in [0.2, 0.25) is 0 Å². The van der Waals surface area contributed by atoms with Gasteiger partial charge in [-0.2, -0.15) is 0 Å². The van der Waals surface area contributed by atoms with Crippen molar-refractivity contribution in [1.82, 2.24) is 4.72 Å². The second-order valence-corrected chi connectivity index (χ2v) is 7.67. The van der Waals surface area contributed by atoms with E-state index in [0.717, 1.165) is 22.6 Å². The molecule has 0 unspecified atom stereocenters. The normalized spacial score (nSPS) is 11.3. The van der Waals surface area contributed by atoms with Gasteiger partial charge in [0.2, 0.25) is 10.0 Å². The van der Waals surface area contributed by atoms with Crippen LogP contribution in [0.15, 0.2) is 40.6 Å². The summed E-state index contributed by atoms with van der Waals surface area (Å²) in [6, 6.07) is 10.3. The Kier molecular flexibility index (Phi) is 4.94. The molecule has 0 saturated carbocycles. The molecule has 2 rings (SSSR count). The summed E-state index contributed by atoms with van der Waals surface area (Å²) in [5.41, 5.74) is 6.32. The first kappa shape index (κ1) is 15.9. The molecule has 8 heteroatoms. The molecule has 0 spiro atoms. The molecule has 0 aliphatic heterocycles. The quantitative estimate of drug-likeness (QED) is 0.783. The van der Waals surface area contributed by atoms with Crippen LogP contribution in [0, 0.1) is 0 Å². The third-order valence-corrected chi connectivity index (χ3v) is 6.08. The molecule has 0 aliphatic rings. The van der Waals surface area contributed by atoms with Crippen LogP contribution in [0.3, 0.4) is 0 Å². The summed E-state index contributed by atoms with van der Waals surface area (Å²) in [5.74, 6) is 0.723. The van der Waals surface area contributed by atoms with Crippen LogP contribution >= 0.6 is 23.6 Å². The maximum Gasteiger partial charge on any atom is 0.250 e. The van der Waals surface area contributed by atoms with Gasteiger partial charge >= 0.3 is 0 Å². The van der Waals surface area contributed by atoms with Crippen molar-refractivity contribution in [2.24, 2.45) is 5.73 Å². The van der Waals surface area contributed by atoms with Crippen LogP contribution in [0.1, 0.15) is 10.4 Å². The van der Waals surface area contributed by atoms with E-state index >= 15 is 0 Å². The van der Waals surface area contributed by atoms with Crippen molar-refractivity contribution in [1.29, 1.82) is 0 Å². The molecule has 0 aliphatic carbocycles. The van der Waals surface area contributed by atoms with Gasteiger partial charge < -0.3 is 10.5 Å². The maximum absolute atomic E-state index is 12.2. The van der Waals surface area contributed by atoms with E-state index in [9.17, 15) is 8.42 Å². The number of thiophene rings is 1. The first-order valence-corrected chi connectivity index (χ1v) is 8.65. The maximum atomic E-state index is 12.2. The minimum atomic E-state index is -3.56. The number of nitrogens with one attached hydrogen (secondary N) is 1. The van der Waals surface area contributed by atoms with E-state index in [0.29, 0.717) is 4.88 Å². The molecule has 0 atom stereocenters. The monoisotopic (exact) mass is 342 g/mol.